The van der Waals surface area contributed by atoms with Crippen molar-refractivity contribution in [1.82, 2.24) is 14.5 Å². The molecule has 0 aliphatic heterocycles. The Morgan fingerprint density at radius 2 is 1.89 bits per heavy atom. The van der Waals surface area contributed by atoms with Crippen LogP contribution in [0.3, 0.4) is 0 Å². The third kappa shape index (κ3) is 3.27. The molecule has 0 unspecified atom stereocenters. The molecule has 2 aromatic heterocycles. The van der Waals surface area contributed by atoms with Gasteiger partial charge >= 0.3 is 5.97 Å². The maximum atomic E-state index is 11.8. The highest BCUT2D eigenvalue weighted by atomic mass is 16.4. The lowest BCUT2D eigenvalue weighted by Gasteiger charge is -2.17. The average molecular weight is 366 g/mol. The van der Waals surface area contributed by atoms with Crippen molar-refractivity contribution in [3.05, 3.63) is 52.0 Å². The van der Waals surface area contributed by atoms with Crippen LogP contribution < -0.4 is 5.32 Å². The van der Waals surface area contributed by atoms with E-state index in [1.165, 1.54) is 16.7 Å². The minimum absolute atomic E-state index is 0.0935. The number of aromatic carboxylic acids is 1. The van der Waals surface area contributed by atoms with E-state index in [-0.39, 0.29) is 5.69 Å². The number of fused-ring (bicyclic) bond motifs is 1. The third-order valence-electron chi connectivity index (χ3n) is 5.22. The highest BCUT2D eigenvalue weighted by Crippen LogP contribution is 2.30. The number of benzene rings is 1. The molecule has 0 radical (unpaired) electrons. The van der Waals surface area contributed by atoms with Gasteiger partial charge < -0.3 is 15.0 Å². The normalized spacial score (nSPS) is 11.1. The van der Waals surface area contributed by atoms with Crippen molar-refractivity contribution in [1.29, 1.82) is 0 Å². The van der Waals surface area contributed by atoms with E-state index in [1.54, 1.807) is 0 Å². The lowest BCUT2D eigenvalue weighted by Crippen LogP contribution is -2.13. The van der Waals surface area contributed by atoms with Gasteiger partial charge in [0, 0.05) is 19.2 Å². The van der Waals surface area contributed by atoms with Crippen molar-refractivity contribution in [3.8, 4) is 0 Å². The predicted octanol–water partition coefficient (Wildman–Crippen LogP) is 4.02. The molecule has 27 heavy (non-hydrogen) atoms. The number of hydrogen-bond acceptors (Lipinski definition) is 4. The lowest BCUT2D eigenvalue weighted by molar-refractivity contribution is 0.0689. The first-order chi connectivity index (χ1) is 12.9. The van der Waals surface area contributed by atoms with Crippen LogP contribution >= 0.6 is 0 Å². The van der Waals surface area contributed by atoms with Crippen LogP contribution in [0.5, 0.6) is 0 Å². The van der Waals surface area contributed by atoms with Gasteiger partial charge in [0.15, 0.2) is 11.3 Å². The second-order valence-corrected chi connectivity index (χ2v) is 6.78. The van der Waals surface area contributed by atoms with E-state index in [1.807, 2.05) is 25.5 Å². The first-order valence-electron chi connectivity index (χ1n) is 9.29. The summed E-state index contributed by atoms with van der Waals surface area (Å²) in [6.07, 6.45) is 1.52. The maximum Gasteiger partial charge on any atom is 0.354 e. The van der Waals surface area contributed by atoms with Gasteiger partial charge in [0.2, 0.25) is 0 Å². The van der Waals surface area contributed by atoms with Gasteiger partial charge in [-0.15, -0.1) is 0 Å². The van der Waals surface area contributed by atoms with E-state index >= 15 is 0 Å². The number of carboxylic acid groups (broad SMARTS) is 1. The predicted molar refractivity (Wildman–Crippen MR) is 107 cm³/mol. The molecule has 3 aromatic rings. The van der Waals surface area contributed by atoms with Gasteiger partial charge in [0.05, 0.1) is 5.69 Å². The third-order valence-corrected chi connectivity index (χ3v) is 5.22. The standard InChI is InChI=1S/C21H26N4O2/c1-6-14-10-8-9-12(3)16(14)11-22-17-15(7-2)18(21(26)27)24-20-19(17)23-13(4)25(20)5/h8-10H,6-7,11H2,1-5H3,(H,22,24)(H,26,27). The van der Waals surface area contributed by atoms with Crippen molar-refractivity contribution in [2.75, 3.05) is 5.32 Å². The van der Waals surface area contributed by atoms with Crippen molar-refractivity contribution in [2.45, 2.75) is 47.1 Å². The summed E-state index contributed by atoms with van der Waals surface area (Å²) in [6, 6.07) is 6.32. The number of hydrogen-bond donors (Lipinski definition) is 2. The summed E-state index contributed by atoms with van der Waals surface area (Å²) < 4.78 is 1.83. The van der Waals surface area contributed by atoms with Crippen molar-refractivity contribution in [3.63, 3.8) is 0 Å². The van der Waals surface area contributed by atoms with Gasteiger partial charge in [0.25, 0.3) is 0 Å². The van der Waals surface area contributed by atoms with Crippen LogP contribution in [0.1, 0.15) is 52.4 Å². The first kappa shape index (κ1) is 18.9. The van der Waals surface area contributed by atoms with Crippen molar-refractivity contribution >= 4 is 22.8 Å². The molecule has 0 saturated carbocycles. The van der Waals surface area contributed by atoms with E-state index < -0.39 is 5.97 Å². The number of aromatic nitrogens is 3. The summed E-state index contributed by atoms with van der Waals surface area (Å²) in [5, 5.41) is 13.2. The first-order valence-corrected chi connectivity index (χ1v) is 9.29. The second-order valence-electron chi connectivity index (χ2n) is 6.78. The largest absolute Gasteiger partial charge is 0.476 e. The Balaban J connectivity index is 2.16. The number of anilines is 1. The zero-order chi connectivity index (χ0) is 19.7. The molecule has 0 bridgehead atoms. The SMILES string of the molecule is CCc1cccc(C)c1CNc1c(CC)c(C(=O)O)nc2c1nc(C)n2C. The summed E-state index contributed by atoms with van der Waals surface area (Å²) in [7, 11) is 1.86. The molecule has 6 nitrogen and oxygen atoms in total. The maximum absolute atomic E-state index is 11.8. The summed E-state index contributed by atoms with van der Waals surface area (Å²) in [6.45, 7) is 8.71. The molecular weight excluding hydrogens is 340 g/mol. The molecule has 6 heteroatoms. The molecule has 0 aliphatic carbocycles. The summed E-state index contributed by atoms with van der Waals surface area (Å²) in [4.78, 5) is 20.8. The Kier molecular flexibility index (Phi) is 5.17. The molecule has 0 fully saturated rings. The highest BCUT2D eigenvalue weighted by molar-refractivity contribution is 5.97. The van der Waals surface area contributed by atoms with Crippen molar-refractivity contribution < 1.29 is 9.90 Å². The van der Waals surface area contributed by atoms with Gasteiger partial charge in [-0.2, -0.15) is 0 Å². The van der Waals surface area contributed by atoms with Crippen LogP contribution in [0.15, 0.2) is 18.2 Å². The fraction of sp³-hybridized carbons (Fsp3) is 0.381. The fourth-order valence-corrected chi connectivity index (χ4v) is 3.56. The number of carboxylic acids is 1. The van der Waals surface area contributed by atoms with Crippen molar-refractivity contribution in [2.24, 2.45) is 7.05 Å². The van der Waals surface area contributed by atoms with Gasteiger partial charge in [-0.25, -0.2) is 14.8 Å². The quantitative estimate of drug-likeness (QED) is 0.689. The molecule has 3 rings (SSSR count). The molecule has 0 saturated heterocycles. The van der Waals surface area contributed by atoms with Crippen LogP contribution in [0, 0.1) is 13.8 Å². The molecule has 1 aromatic carbocycles. The highest BCUT2D eigenvalue weighted by Gasteiger charge is 2.22. The summed E-state index contributed by atoms with van der Waals surface area (Å²) >= 11 is 0. The van der Waals surface area contributed by atoms with E-state index in [0.29, 0.717) is 24.2 Å². The minimum Gasteiger partial charge on any atom is -0.476 e. The smallest absolute Gasteiger partial charge is 0.354 e. The minimum atomic E-state index is -1.01. The summed E-state index contributed by atoms with van der Waals surface area (Å²) in [5.74, 6) is -0.212. The fourth-order valence-electron chi connectivity index (χ4n) is 3.56. The number of pyridine rings is 1. The van der Waals surface area contributed by atoms with E-state index in [2.05, 4.69) is 47.3 Å². The van der Waals surface area contributed by atoms with E-state index in [4.69, 9.17) is 0 Å². The van der Waals surface area contributed by atoms with Gasteiger partial charge in [-0.05, 0) is 43.4 Å². The molecule has 0 spiro atoms. The van der Waals surface area contributed by atoms with Crippen LogP contribution in [0.2, 0.25) is 0 Å². The molecule has 0 atom stereocenters. The van der Waals surface area contributed by atoms with E-state index in [9.17, 15) is 9.90 Å². The van der Waals surface area contributed by atoms with Crippen LogP contribution in [-0.4, -0.2) is 25.6 Å². The Labute approximate surface area is 159 Å². The van der Waals surface area contributed by atoms with Crippen LogP contribution in [-0.2, 0) is 26.4 Å². The van der Waals surface area contributed by atoms with Gasteiger partial charge in [0.1, 0.15) is 11.3 Å². The number of imidazole rings is 1. The topological polar surface area (TPSA) is 80.0 Å². The average Bonchev–Trinajstić information content (AvgIpc) is 2.93. The number of nitrogens with zero attached hydrogens (tertiary/aromatic N) is 3. The van der Waals surface area contributed by atoms with Crippen LogP contribution in [0.25, 0.3) is 11.2 Å². The zero-order valence-electron chi connectivity index (χ0n) is 16.6. The monoisotopic (exact) mass is 366 g/mol. The Morgan fingerprint density at radius 3 is 2.52 bits per heavy atom. The lowest BCUT2D eigenvalue weighted by atomic mass is 9.99. The Bertz CT molecular complexity index is 1020. The second kappa shape index (κ2) is 7.39. The Morgan fingerprint density at radius 1 is 1.15 bits per heavy atom. The van der Waals surface area contributed by atoms with Gasteiger partial charge in [-0.3, -0.25) is 0 Å². The van der Waals surface area contributed by atoms with Crippen LogP contribution in [0.4, 0.5) is 5.69 Å². The molecule has 142 valence electrons. The number of nitrogens with one attached hydrogen (secondary N) is 1. The Hall–Kier alpha value is -2.89. The molecule has 0 amide bonds. The molecule has 0 aliphatic rings. The van der Waals surface area contributed by atoms with E-state index in [0.717, 1.165) is 23.4 Å². The zero-order valence-corrected chi connectivity index (χ0v) is 16.6. The molecular formula is C21H26N4O2. The molecule has 2 N–H and O–H groups in total. The summed E-state index contributed by atoms with van der Waals surface area (Å²) in [5.41, 5.74) is 6.64. The molecule has 2 heterocycles. The number of aryl methyl sites for hydroxylation is 4. The number of rotatable bonds is 6. The number of carbonyl (C=O) groups is 1. The van der Waals surface area contributed by atoms with Gasteiger partial charge in [-0.1, -0.05) is 32.0 Å².